The molecular formula is C25H32N4O3S. The fourth-order valence-corrected chi connectivity index (χ4v) is 5.56. The number of sulfonamides is 1. The molecule has 1 heterocycles. The van der Waals surface area contributed by atoms with Gasteiger partial charge in [-0.15, -0.1) is 10.2 Å². The molecule has 4 rings (SSSR count). The van der Waals surface area contributed by atoms with Crippen LogP contribution in [0, 0.1) is 12.8 Å². The van der Waals surface area contributed by atoms with Crippen molar-refractivity contribution >= 4 is 15.7 Å². The maximum absolute atomic E-state index is 13.0. The van der Waals surface area contributed by atoms with Gasteiger partial charge in [0.2, 0.25) is 11.8 Å². The van der Waals surface area contributed by atoms with Gasteiger partial charge in [0.05, 0.1) is 10.6 Å². The number of aromatic nitrogens is 2. The highest BCUT2D eigenvalue weighted by molar-refractivity contribution is 7.92. The zero-order valence-corrected chi connectivity index (χ0v) is 20.1. The fourth-order valence-electron chi connectivity index (χ4n) is 4.46. The third kappa shape index (κ3) is 6.21. The van der Waals surface area contributed by atoms with Crippen LogP contribution in [0.15, 0.2) is 57.8 Å². The zero-order valence-electron chi connectivity index (χ0n) is 19.3. The second-order valence-electron chi connectivity index (χ2n) is 8.93. The van der Waals surface area contributed by atoms with Gasteiger partial charge in [-0.25, -0.2) is 8.42 Å². The Kier molecular flexibility index (Phi) is 7.45. The molecule has 7 nitrogen and oxygen atoms in total. The molecule has 8 heteroatoms. The van der Waals surface area contributed by atoms with Crippen molar-refractivity contribution in [3.05, 3.63) is 60.0 Å². The summed E-state index contributed by atoms with van der Waals surface area (Å²) < 4.78 is 34.2. The van der Waals surface area contributed by atoms with Crippen molar-refractivity contribution in [2.75, 3.05) is 4.72 Å². The lowest BCUT2D eigenvalue weighted by molar-refractivity contribution is 0.305. The van der Waals surface area contributed by atoms with Crippen molar-refractivity contribution < 1.29 is 12.8 Å². The molecule has 0 unspecified atom stereocenters. The van der Waals surface area contributed by atoms with Crippen LogP contribution >= 0.6 is 0 Å². The van der Waals surface area contributed by atoms with Crippen LogP contribution in [0.3, 0.4) is 0 Å². The Labute approximate surface area is 196 Å². The lowest BCUT2D eigenvalue weighted by atomic mass is 9.85. The first kappa shape index (κ1) is 23.4. The third-order valence-corrected chi connectivity index (χ3v) is 7.63. The van der Waals surface area contributed by atoms with E-state index in [0.29, 0.717) is 35.6 Å². The van der Waals surface area contributed by atoms with E-state index in [0.717, 1.165) is 11.5 Å². The molecule has 1 aromatic heterocycles. The number of rotatable bonds is 9. The highest BCUT2D eigenvalue weighted by Gasteiger charge is 2.19. The largest absolute Gasteiger partial charge is 0.421 e. The molecule has 1 saturated carbocycles. The first-order valence-corrected chi connectivity index (χ1v) is 13.1. The van der Waals surface area contributed by atoms with Crippen LogP contribution in [-0.2, 0) is 16.6 Å². The molecule has 0 aliphatic heterocycles. The van der Waals surface area contributed by atoms with E-state index in [1.807, 2.05) is 18.2 Å². The molecule has 33 heavy (non-hydrogen) atoms. The van der Waals surface area contributed by atoms with Gasteiger partial charge in [-0.2, -0.15) is 0 Å². The summed E-state index contributed by atoms with van der Waals surface area (Å²) in [7, 11) is -3.74. The standard InChI is InChI=1S/C25H32N4O3S/c1-18(16-20-8-4-3-5-9-20)26-17-22-10-6-7-11-24(22)29-33(30,31)23-14-12-21(13-15-23)25-28-27-19(2)32-25/h6-7,10-15,18,20,26,29H,3-5,8-9,16-17H2,1-2H3/t18-/m0/s1. The maximum atomic E-state index is 13.0. The number of nitrogens with one attached hydrogen (secondary N) is 2. The lowest BCUT2D eigenvalue weighted by Gasteiger charge is -2.25. The number of benzene rings is 2. The minimum atomic E-state index is -3.74. The van der Waals surface area contributed by atoms with Gasteiger partial charge in [-0.05, 0) is 55.2 Å². The van der Waals surface area contributed by atoms with Crippen molar-refractivity contribution in [3.63, 3.8) is 0 Å². The molecule has 2 N–H and O–H groups in total. The molecule has 1 fully saturated rings. The lowest BCUT2D eigenvalue weighted by Crippen LogP contribution is -2.29. The highest BCUT2D eigenvalue weighted by Crippen LogP contribution is 2.28. The molecule has 0 bridgehead atoms. The Bertz CT molecular complexity index is 1150. The van der Waals surface area contributed by atoms with Crippen molar-refractivity contribution in [1.29, 1.82) is 0 Å². The Morgan fingerprint density at radius 1 is 1.03 bits per heavy atom. The predicted octanol–water partition coefficient (Wildman–Crippen LogP) is 5.29. The van der Waals surface area contributed by atoms with Crippen molar-refractivity contribution in [2.24, 2.45) is 5.92 Å². The number of anilines is 1. The monoisotopic (exact) mass is 468 g/mol. The quantitative estimate of drug-likeness (QED) is 0.443. The third-order valence-electron chi connectivity index (χ3n) is 6.25. The van der Waals surface area contributed by atoms with Crippen LogP contribution in [0.2, 0.25) is 0 Å². The van der Waals surface area contributed by atoms with Gasteiger partial charge < -0.3 is 9.73 Å². The van der Waals surface area contributed by atoms with Crippen molar-refractivity contribution in [3.8, 4) is 11.5 Å². The number of hydrogen-bond acceptors (Lipinski definition) is 6. The molecule has 0 amide bonds. The molecular weight excluding hydrogens is 436 g/mol. The van der Waals surface area contributed by atoms with Gasteiger partial charge >= 0.3 is 0 Å². The van der Waals surface area contributed by atoms with E-state index in [1.54, 1.807) is 37.3 Å². The molecule has 0 saturated heterocycles. The van der Waals surface area contributed by atoms with Crippen LogP contribution in [-0.4, -0.2) is 24.7 Å². The summed E-state index contributed by atoms with van der Waals surface area (Å²) in [5.74, 6) is 1.62. The molecule has 0 spiro atoms. The second kappa shape index (κ2) is 10.5. The Morgan fingerprint density at radius 2 is 1.76 bits per heavy atom. The summed E-state index contributed by atoms with van der Waals surface area (Å²) in [6, 6.07) is 14.3. The molecule has 0 radical (unpaired) electrons. The van der Waals surface area contributed by atoms with E-state index < -0.39 is 10.0 Å². The fraction of sp³-hybridized carbons (Fsp3) is 0.440. The molecule has 2 aromatic carbocycles. The average molecular weight is 469 g/mol. The average Bonchev–Trinajstić information content (AvgIpc) is 3.25. The van der Waals surface area contributed by atoms with Gasteiger partial charge in [0.15, 0.2) is 0 Å². The van der Waals surface area contributed by atoms with Gasteiger partial charge in [-0.1, -0.05) is 50.3 Å². The van der Waals surface area contributed by atoms with Crippen LogP contribution in [0.5, 0.6) is 0 Å². The first-order valence-electron chi connectivity index (χ1n) is 11.7. The van der Waals surface area contributed by atoms with E-state index in [9.17, 15) is 8.42 Å². The van der Waals surface area contributed by atoms with E-state index in [2.05, 4.69) is 27.2 Å². The number of aryl methyl sites for hydroxylation is 1. The summed E-state index contributed by atoms with van der Waals surface area (Å²) >= 11 is 0. The Morgan fingerprint density at radius 3 is 2.45 bits per heavy atom. The van der Waals surface area contributed by atoms with E-state index >= 15 is 0 Å². The summed E-state index contributed by atoms with van der Waals surface area (Å²) in [6.45, 7) is 4.54. The van der Waals surface area contributed by atoms with Crippen LogP contribution < -0.4 is 10.0 Å². The molecule has 176 valence electrons. The predicted molar refractivity (Wildman–Crippen MR) is 129 cm³/mol. The Balaban J connectivity index is 1.40. The number of para-hydroxylation sites is 1. The van der Waals surface area contributed by atoms with Crippen LogP contribution in [0.25, 0.3) is 11.5 Å². The zero-order chi connectivity index (χ0) is 23.3. The van der Waals surface area contributed by atoms with Gasteiger partial charge in [0.25, 0.3) is 10.0 Å². The van der Waals surface area contributed by atoms with E-state index in [4.69, 9.17) is 4.42 Å². The van der Waals surface area contributed by atoms with Crippen LogP contribution in [0.1, 0.15) is 56.9 Å². The molecule has 1 atom stereocenters. The molecule has 3 aromatic rings. The SMILES string of the molecule is Cc1nnc(-c2ccc(S(=O)(=O)Nc3ccccc3CN[C@@H](C)CC3CCCCC3)cc2)o1. The van der Waals surface area contributed by atoms with Gasteiger partial charge in [-0.3, -0.25) is 4.72 Å². The second-order valence-corrected chi connectivity index (χ2v) is 10.6. The minimum absolute atomic E-state index is 0.177. The van der Waals surface area contributed by atoms with Crippen molar-refractivity contribution in [1.82, 2.24) is 15.5 Å². The van der Waals surface area contributed by atoms with Gasteiger partial charge in [0, 0.05) is 25.1 Å². The molecule has 1 aliphatic rings. The minimum Gasteiger partial charge on any atom is -0.421 e. The normalized spacial score (nSPS) is 15.9. The summed E-state index contributed by atoms with van der Waals surface area (Å²) in [5, 5.41) is 11.4. The highest BCUT2D eigenvalue weighted by atomic mass is 32.2. The maximum Gasteiger partial charge on any atom is 0.261 e. The summed E-state index contributed by atoms with van der Waals surface area (Å²) in [4.78, 5) is 0.177. The molecule has 1 aliphatic carbocycles. The van der Waals surface area contributed by atoms with Gasteiger partial charge in [0.1, 0.15) is 0 Å². The van der Waals surface area contributed by atoms with Crippen LogP contribution in [0.4, 0.5) is 5.69 Å². The summed E-state index contributed by atoms with van der Waals surface area (Å²) in [6.07, 6.45) is 7.88. The van der Waals surface area contributed by atoms with Crippen molar-refractivity contribution in [2.45, 2.75) is 69.9 Å². The van der Waals surface area contributed by atoms with E-state index in [-0.39, 0.29) is 4.90 Å². The first-order chi connectivity index (χ1) is 15.9. The number of hydrogen-bond donors (Lipinski definition) is 2. The number of nitrogens with zero attached hydrogens (tertiary/aromatic N) is 2. The Hall–Kier alpha value is -2.71. The summed E-state index contributed by atoms with van der Waals surface area (Å²) in [5.41, 5.74) is 2.19. The van der Waals surface area contributed by atoms with E-state index in [1.165, 1.54) is 38.5 Å². The topological polar surface area (TPSA) is 97.1 Å². The smallest absolute Gasteiger partial charge is 0.261 e.